The fraction of sp³-hybridized carbons (Fsp3) is 0.0500. The summed E-state index contributed by atoms with van der Waals surface area (Å²) in [4.78, 5) is 33.4. The number of fused-ring (bicyclic) bond motifs is 2. The third kappa shape index (κ3) is 5.97. The van der Waals surface area contributed by atoms with Crippen LogP contribution in [0.2, 0.25) is 0 Å². The molecule has 4 nitrogen and oxygen atoms in total. The van der Waals surface area contributed by atoms with Crippen molar-refractivity contribution in [2.24, 2.45) is 0 Å². The quantitative estimate of drug-likeness (QED) is 0.173. The number of carbonyl (C=O) groups excluding carboxylic acids is 2. The number of anilines is 4. The summed E-state index contributed by atoms with van der Waals surface area (Å²) in [5, 5.41) is 6.85. The van der Waals surface area contributed by atoms with Crippen LogP contribution in [0.5, 0.6) is 0 Å². The first-order valence-corrected chi connectivity index (χ1v) is 16.6. The van der Waals surface area contributed by atoms with Gasteiger partial charge in [-0.1, -0.05) is 95.3 Å². The van der Waals surface area contributed by atoms with Gasteiger partial charge in [0.1, 0.15) is 0 Å². The second-order valence-corrected chi connectivity index (χ2v) is 13.4. The number of para-hydroxylation sites is 2. The van der Waals surface area contributed by atoms with E-state index in [2.05, 4.69) is 73.0 Å². The summed E-state index contributed by atoms with van der Waals surface area (Å²) < 4.78 is 0. The summed E-state index contributed by atoms with van der Waals surface area (Å²) in [6, 6.07) is 43.6. The van der Waals surface area contributed by atoms with Crippen LogP contribution in [0.1, 0.15) is 43.0 Å². The van der Waals surface area contributed by atoms with Crippen LogP contribution in [-0.2, 0) is 0 Å². The second kappa shape index (κ2) is 12.8. The van der Waals surface area contributed by atoms with Crippen molar-refractivity contribution in [3.63, 3.8) is 0 Å². The summed E-state index contributed by atoms with van der Waals surface area (Å²) in [6.45, 7) is 4.10. The predicted octanol–water partition coefficient (Wildman–Crippen LogP) is 10.9. The maximum atomic E-state index is 14.9. The van der Waals surface area contributed by atoms with Gasteiger partial charge < -0.3 is 10.6 Å². The lowest BCUT2D eigenvalue weighted by Gasteiger charge is -2.27. The van der Waals surface area contributed by atoms with E-state index in [1.807, 2.05) is 84.9 Å². The molecular weight excluding hydrogens is 605 g/mol. The first kappa shape index (κ1) is 29.7. The van der Waals surface area contributed by atoms with Gasteiger partial charge in [-0.25, -0.2) is 0 Å². The van der Waals surface area contributed by atoms with Gasteiger partial charge in [0.25, 0.3) is 0 Å². The minimum absolute atomic E-state index is 0.180. The van der Waals surface area contributed by atoms with Crippen LogP contribution in [0.15, 0.2) is 153 Å². The van der Waals surface area contributed by atoms with E-state index in [-0.39, 0.29) is 11.6 Å². The summed E-state index contributed by atoms with van der Waals surface area (Å²) in [5.74, 6) is -0.360. The molecule has 0 radical (unpaired) electrons. The SMILES string of the molecule is Cc1ccc(Sc2ccc(Sc3ccc(C)cc3)c3c2C(=O)c2c(Nc4ccccc4)ccc(Nc4ccccc4)c2C3=O)cc1. The smallest absolute Gasteiger partial charge is 0.197 e. The molecule has 0 fully saturated rings. The number of hydrogen-bond donors (Lipinski definition) is 2. The van der Waals surface area contributed by atoms with Crippen molar-refractivity contribution in [1.82, 2.24) is 0 Å². The molecule has 6 aromatic carbocycles. The van der Waals surface area contributed by atoms with Gasteiger partial charge >= 0.3 is 0 Å². The lowest BCUT2D eigenvalue weighted by atomic mass is 9.82. The Hall–Kier alpha value is -5.04. The van der Waals surface area contributed by atoms with Crippen LogP contribution >= 0.6 is 23.5 Å². The number of carbonyl (C=O) groups is 2. The molecule has 7 rings (SSSR count). The van der Waals surface area contributed by atoms with E-state index >= 15 is 0 Å². The van der Waals surface area contributed by atoms with Crippen molar-refractivity contribution in [3.8, 4) is 0 Å². The lowest BCUT2D eigenvalue weighted by molar-refractivity contribution is 0.0976. The van der Waals surface area contributed by atoms with Gasteiger partial charge in [0.2, 0.25) is 0 Å². The zero-order chi connectivity index (χ0) is 31.6. The summed E-state index contributed by atoms with van der Waals surface area (Å²) >= 11 is 3.01. The molecule has 0 atom stereocenters. The van der Waals surface area contributed by atoms with Gasteiger partial charge in [0, 0.05) is 42.1 Å². The van der Waals surface area contributed by atoms with E-state index in [9.17, 15) is 9.59 Å². The highest BCUT2D eigenvalue weighted by Crippen LogP contribution is 2.46. The lowest BCUT2D eigenvalue weighted by Crippen LogP contribution is -2.25. The molecule has 6 aromatic rings. The summed E-state index contributed by atoms with van der Waals surface area (Å²) in [7, 11) is 0. The zero-order valence-electron chi connectivity index (χ0n) is 25.3. The Bertz CT molecular complexity index is 1930. The topological polar surface area (TPSA) is 58.2 Å². The number of aryl methyl sites for hydroxylation is 2. The van der Waals surface area contributed by atoms with E-state index < -0.39 is 0 Å². The molecule has 0 amide bonds. The molecule has 46 heavy (non-hydrogen) atoms. The van der Waals surface area contributed by atoms with Gasteiger partial charge in [-0.15, -0.1) is 0 Å². The largest absolute Gasteiger partial charge is 0.355 e. The summed E-state index contributed by atoms with van der Waals surface area (Å²) in [6.07, 6.45) is 0. The minimum Gasteiger partial charge on any atom is -0.355 e. The fourth-order valence-electron chi connectivity index (χ4n) is 5.54. The molecule has 0 unspecified atom stereocenters. The normalized spacial score (nSPS) is 12.0. The van der Waals surface area contributed by atoms with Crippen molar-refractivity contribution in [2.75, 3.05) is 10.6 Å². The highest BCUT2D eigenvalue weighted by Gasteiger charge is 2.38. The highest BCUT2D eigenvalue weighted by atomic mass is 32.2. The molecule has 0 saturated carbocycles. The standard InChI is InChI=1S/C40H30N2O2S2/c1-25-13-17-29(18-14-25)45-33-23-24-34(46-30-19-15-26(2)16-20-30)38-37(33)39(43)35-31(41-27-9-5-3-6-10-27)21-22-32(36(35)40(38)44)42-28-11-7-4-8-12-28/h3-24,41-42H,1-2H3. The van der Waals surface area contributed by atoms with Crippen LogP contribution in [0, 0.1) is 13.8 Å². The maximum absolute atomic E-state index is 14.9. The first-order chi connectivity index (χ1) is 22.4. The molecule has 1 aliphatic carbocycles. The molecule has 1 aliphatic rings. The van der Waals surface area contributed by atoms with Crippen molar-refractivity contribution in [2.45, 2.75) is 33.4 Å². The van der Waals surface area contributed by atoms with Gasteiger partial charge in [0.05, 0.1) is 22.5 Å². The number of ketones is 2. The Balaban J connectivity index is 1.42. The van der Waals surface area contributed by atoms with Crippen LogP contribution in [0.25, 0.3) is 0 Å². The first-order valence-electron chi connectivity index (χ1n) is 15.0. The van der Waals surface area contributed by atoms with Gasteiger partial charge in [0.15, 0.2) is 11.6 Å². The van der Waals surface area contributed by atoms with Crippen molar-refractivity contribution >= 4 is 57.8 Å². The monoisotopic (exact) mass is 634 g/mol. The molecule has 6 heteroatoms. The van der Waals surface area contributed by atoms with E-state index in [0.717, 1.165) is 42.1 Å². The Morgan fingerprint density at radius 3 is 1.15 bits per heavy atom. The Labute approximate surface area is 277 Å². The molecule has 224 valence electrons. The number of rotatable bonds is 8. The zero-order valence-corrected chi connectivity index (χ0v) is 27.0. The molecule has 0 aliphatic heterocycles. The Kier molecular flexibility index (Phi) is 8.22. The third-order valence-electron chi connectivity index (χ3n) is 7.85. The van der Waals surface area contributed by atoms with E-state index in [1.165, 1.54) is 23.5 Å². The summed E-state index contributed by atoms with van der Waals surface area (Å²) in [5.41, 5.74) is 6.77. The number of hydrogen-bond acceptors (Lipinski definition) is 6. The molecule has 0 bridgehead atoms. The highest BCUT2D eigenvalue weighted by molar-refractivity contribution is 8.00. The average molecular weight is 635 g/mol. The molecule has 0 heterocycles. The van der Waals surface area contributed by atoms with Crippen molar-refractivity contribution < 1.29 is 9.59 Å². The Morgan fingerprint density at radius 2 is 0.783 bits per heavy atom. The average Bonchev–Trinajstić information content (AvgIpc) is 3.07. The number of benzene rings is 6. The maximum Gasteiger partial charge on any atom is 0.197 e. The van der Waals surface area contributed by atoms with Crippen molar-refractivity contribution in [3.05, 3.63) is 167 Å². The fourth-order valence-corrected chi connectivity index (χ4v) is 7.46. The molecule has 0 spiro atoms. The predicted molar refractivity (Wildman–Crippen MR) is 190 cm³/mol. The van der Waals surface area contributed by atoms with Gasteiger partial charge in [-0.2, -0.15) is 0 Å². The van der Waals surface area contributed by atoms with Crippen LogP contribution < -0.4 is 10.6 Å². The number of nitrogens with one attached hydrogen (secondary N) is 2. The van der Waals surface area contributed by atoms with E-state index in [0.29, 0.717) is 33.6 Å². The van der Waals surface area contributed by atoms with Gasteiger partial charge in [-0.05, 0) is 86.6 Å². The van der Waals surface area contributed by atoms with Gasteiger partial charge in [-0.3, -0.25) is 9.59 Å². The molecule has 0 aromatic heterocycles. The molecular formula is C40H30N2O2S2. The van der Waals surface area contributed by atoms with Crippen LogP contribution in [0.4, 0.5) is 22.7 Å². The van der Waals surface area contributed by atoms with Crippen LogP contribution in [0.3, 0.4) is 0 Å². The molecule has 2 N–H and O–H groups in total. The van der Waals surface area contributed by atoms with Crippen molar-refractivity contribution in [1.29, 1.82) is 0 Å². The Morgan fingerprint density at radius 1 is 0.413 bits per heavy atom. The van der Waals surface area contributed by atoms with E-state index in [1.54, 1.807) is 0 Å². The van der Waals surface area contributed by atoms with Crippen LogP contribution in [-0.4, -0.2) is 11.6 Å². The second-order valence-electron chi connectivity index (χ2n) is 11.2. The third-order valence-corrected chi connectivity index (χ3v) is 9.98. The molecule has 0 saturated heterocycles. The van der Waals surface area contributed by atoms with E-state index in [4.69, 9.17) is 0 Å². The minimum atomic E-state index is -0.180.